The topological polar surface area (TPSA) is 47.2 Å². The van der Waals surface area contributed by atoms with E-state index in [2.05, 4.69) is 36.5 Å². The highest BCUT2D eigenvalue weighted by molar-refractivity contribution is 5.76. The van der Waals surface area contributed by atoms with Gasteiger partial charge in [0.05, 0.1) is 6.10 Å². The molecule has 2 saturated heterocycles. The Hall–Kier alpha value is -1.43. The smallest absolute Gasteiger partial charge is 0.275 e. The molecule has 0 aliphatic carbocycles. The van der Waals surface area contributed by atoms with Gasteiger partial charge in [0, 0.05) is 18.7 Å². The van der Waals surface area contributed by atoms with E-state index in [1.165, 1.54) is 16.0 Å². The lowest BCUT2D eigenvalue weighted by Crippen LogP contribution is -3.28. The second kappa shape index (κ2) is 8.60. The molecular formula is C19H31N3O2+2. The quantitative estimate of drug-likeness (QED) is 0.598. The molecule has 0 spiro atoms. The van der Waals surface area contributed by atoms with Crippen LogP contribution >= 0.6 is 0 Å². The van der Waals surface area contributed by atoms with Crippen molar-refractivity contribution in [1.29, 1.82) is 0 Å². The maximum atomic E-state index is 12.1. The van der Waals surface area contributed by atoms with Crippen molar-refractivity contribution in [3.05, 3.63) is 35.4 Å². The van der Waals surface area contributed by atoms with Crippen LogP contribution in [0.3, 0.4) is 0 Å². The first-order valence-corrected chi connectivity index (χ1v) is 9.30. The summed E-state index contributed by atoms with van der Waals surface area (Å²) in [4.78, 5) is 15.1. The minimum atomic E-state index is 0.169. The van der Waals surface area contributed by atoms with E-state index < -0.39 is 0 Å². The third-order valence-electron chi connectivity index (χ3n) is 5.16. The Morgan fingerprint density at radius 3 is 2.75 bits per heavy atom. The van der Waals surface area contributed by atoms with E-state index in [1.807, 2.05) is 0 Å². The van der Waals surface area contributed by atoms with Crippen molar-refractivity contribution in [3.8, 4) is 0 Å². The van der Waals surface area contributed by atoms with E-state index >= 15 is 0 Å². The summed E-state index contributed by atoms with van der Waals surface area (Å²) >= 11 is 0. The number of ether oxygens (including phenoxy) is 1. The number of benzene rings is 1. The summed E-state index contributed by atoms with van der Waals surface area (Å²) < 4.78 is 5.55. The molecule has 2 fully saturated rings. The van der Waals surface area contributed by atoms with Gasteiger partial charge in [0.1, 0.15) is 32.7 Å². The number of hydrogen-bond donors (Lipinski definition) is 3. The summed E-state index contributed by atoms with van der Waals surface area (Å²) in [6, 6.07) is 8.79. The number of carbonyl (C=O) groups is 1. The van der Waals surface area contributed by atoms with Gasteiger partial charge in [-0.1, -0.05) is 29.8 Å². The second-order valence-electron chi connectivity index (χ2n) is 7.28. The van der Waals surface area contributed by atoms with E-state index in [0.29, 0.717) is 13.1 Å². The lowest BCUT2D eigenvalue weighted by Gasteiger charge is -2.29. The molecular weight excluding hydrogens is 302 g/mol. The fourth-order valence-corrected chi connectivity index (χ4v) is 3.74. The molecule has 0 bridgehead atoms. The predicted octanol–water partition coefficient (Wildman–Crippen LogP) is -1.43. The van der Waals surface area contributed by atoms with Crippen LogP contribution in [-0.2, 0) is 16.1 Å². The van der Waals surface area contributed by atoms with Crippen LogP contribution in [0.5, 0.6) is 0 Å². The number of rotatable bonds is 6. The van der Waals surface area contributed by atoms with Gasteiger partial charge in [-0.15, -0.1) is 0 Å². The molecule has 2 aliphatic rings. The molecule has 0 radical (unpaired) electrons. The van der Waals surface area contributed by atoms with Crippen LogP contribution in [-0.4, -0.2) is 57.9 Å². The average molecular weight is 333 g/mol. The number of hydrogen-bond acceptors (Lipinski definition) is 2. The van der Waals surface area contributed by atoms with Crippen molar-refractivity contribution in [3.63, 3.8) is 0 Å². The van der Waals surface area contributed by atoms with Crippen LogP contribution < -0.4 is 15.1 Å². The zero-order valence-corrected chi connectivity index (χ0v) is 14.8. The Labute approximate surface area is 145 Å². The molecule has 5 nitrogen and oxygen atoms in total. The number of quaternary nitrogens is 2. The van der Waals surface area contributed by atoms with Crippen molar-refractivity contribution in [2.75, 3.05) is 45.9 Å². The number of piperazine rings is 1. The van der Waals surface area contributed by atoms with Crippen LogP contribution in [0.2, 0.25) is 0 Å². The van der Waals surface area contributed by atoms with Gasteiger partial charge in [0.15, 0.2) is 6.54 Å². The summed E-state index contributed by atoms with van der Waals surface area (Å²) in [5, 5.41) is 3.04. The molecule has 0 aromatic heterocycles. The maximum absolute atomic E-state index is 12.1. The molecule has 0 unspecified atom stereocenters. The van der Waals surface area contributed by atoms with Gasteiger partial charge >= 0.3 is 0 Å². The van der Waals surface area contributed by atoms with E-state index in [0.717, 1.165) is 52.2 Å². The fraction of sp³-hybridized carbons (Fsp3) is 0.632. The van der Waals surface area contributed by atoms with Crippen LogP contribution in [0.25, 0.3) is 0 Å². The van der Waals surface area contributed by atoms with Crippen molar-refractivity contribution < 1.29 is 19.3 Å². The van der Waals surface area contributed by atoms with E-state index in [4.69, 9.17) is 4.74 Å². The monoisotopic (exact) mass is 333 g/mol. The molecule has 1 aromatic rings. The van der Waals surface area contributed by atoms with Gasteiger partial charge in [-0.3, -0.25) is 4.79 Å². The standard InChI is InChI=1S/C19H29N3O2/c1-16-4-2-5-17(12-16)14-21-7-9-22(10-8-21)15-19(23)20-13-18-6-3-11-24-18/h2,4-5,12,18H,3,6-11,13-15H2,1H3,(H,20,23)/p+2/t18-/m0/s1. The highest BCUT2D eigenvalue weighted by Gasteiger charge is 2.25. The van der Waals surface area contributed by atoms with Crippen LogP contribution in [0.1, 0.15) is 24.0 Å². The highest BCUT2D eigenvalue weighted by atomic mass is 16.5. The molecule has 2 aliphatic heterocycles. The Morgan fingerprint density at radius 2 is 2.04 bits per heavy atom. The summed E-state index contributed by atoms with van der Waals surface area (Å²) in [5.41, 5.74) is 2.75. The Morgan fingerprint density at radius 1 is 1.25 bits per heavy atom. The fourth-order valence-electron chi connectivity index (χ4n) is 3.74. The first-order chi connectivity index (χ1) is 11.7. The third-order valence-corrected chi connectivity index (χ3v) is 5.16. The van der Waals surface area contributed by atoms with Crippen molar-refractivity contribution in [2.45, 2.75) is 32.4 Å². The molecule has 1 aromatic carbocycles. The lowest BCUT2D eigenvalue weighted by molar-refractivity contribution is -1.02. The van der Waals surface area contributed by atoms with Gasteiger partial charge in [0.2, 0.25) is 0 Å². The van der Waals surface area contributed by atoms with E-state index in [9.17, 15) is 4.79 Å². The molecule has 0 saturated carbocycles. The van der Waals surface area contributed by atoms with Gasteiger partial charge in [-0.2, -0.15) is 0 Å². The molecule has 24 heavy (non-hydrogen) atoms. The number of carbonyl (C=O) groups excluding carboxylic acids is 1. The van der Waals surface area contributed by atoms with E-state index in [-0.39, 0.29) is 12.0 Å². The largest absolute Gasteiger partial charge is 0.376 e. The first kappa shape index (κ1) is 17.4. The Kier molecular flexibility index (Phi) is 6.24. The van der Waals surface area contributed by atoms with E-state index in [1.54, 1.807) is 4.90 Å². The van der Waals surface area contributed by atoms with Crippen molar-refractivity contribution in [2.24, 2.45) is 0 Å². The molecule has 1 atom stereocenters. The Balaban J connectivity index is 1.34. The number of amides is 1. The SMILES string of the molecule is Cc1cccc(C[NH+]2CC[NH+](CC(=O)NC[C@@H]3CCCO3)CC2)c1. The Bertz CT molecular complexity index is 535. The molecule has 132 valence electrons. The van der Waals surface area contributed by atoms with Crippen molar-refractivity contribution >= 4 is 5.91 Å². The average Bonchev–Trinajstić information content (AvgIpc) is 3.08. The maximum Gasteiger partial charge on any atom is 0.275 e. The summed E-state index contributed by atoms with van der Waals surface area (Å²) in [6.07, 6.45) is 2.44. The van der Waals surface area contributed by atoms with Gasteiger partial charge in [-0.25, -0.2) is 0 Å². The normalized spacial score (nSPS) is 27.1. The van der Waals surface area contributed by atoms with Gasteiger partial charge < -0.3 is 19.9 Å². The van der Waals surface area contributed by atoms with Crippen molar-refractivity contribution in [1.82, 2.24) is 5.32 Å². The lowest BCUT2D eigenvalue weighted by atomic mass is 10.1. The van der Waals surface area contributed by atoms with Crippen LogP contribution in [0, 0.1) is 6.92 Å². The van der Waals surface area contributed by atoms with Crippen LogP contribution in [0.15, 0.2) is 24.3 Å². The van der Waals surface area contributed by atoms with Gasteiger partial charge in [-0.05, 0) is 19.8 Å². The molecule has 3 rings (SSSR count). The first-order valence-electron chi connectivity index (χ1n) is 9.30. The minimum Gasteiger partial charge on any atom is -0.376 e. The minimum absolute atomic E-state index is 0.169. The highest BCUT2D eigenvalue weighted by Crippen LogP contribution is 2.10. The summed E-state index contributed by atoms with van der Waals surface area (Å²) in [7, 11) is 0. The predicted molar refractivity (Wildman–Crippen MR) is 93.1 cm³/mol. The second-order valence-corrected chi connectivity index (χ2v) is 7.28. The third kappa shape index (κ3) is 5.30. The molecule has 3 N–H and O–H groups in total. The molecule has 5 heteroatoms. The zero-order valence-electron chi connectivity index (χ0n) is 14.8. The van der Waals surface area contributed by atoms with Gasteiger partial charge in [0.25, 0.3) is 5.91 Å². The summed E-state index contributed by atoms with van der Waals surface area (Å²) in [5.74, 6) is 0.169. The zero-order chi connectivity index (χ0) is 16.8. The molecule has 2 heterocycles. The number of nitrogens with one attached hydrogen (secondary N) is 3. The number of aryl methyl sites for hydroxylation is 1. The van der Waals surface area contributed by atoms with Crippen LogP contribution in [0.4, 0.5) is 0 Å². The summed E-state index contributed by atoms with van der Waals surface area (Å²) in [6.45, 7) is 9.81. The molecule has 1 amide bonds.